The highest BCUT2D eigenvalue weighted by molar-refractivity contribution is 6.04. The minimum Gasteiger partial charge on any atom is -0.493 e. The highest BCUT2D eigenvalue weighted by Crippen LogP contribution is 2.39. The number of nitrogens with zero attached hydrogens (tertiary/aromatic N) is 4. The summed E-state index contributed by atoms with van der Waals surface area (Å²) in [6, 6.07) is 16.5. The number of hydrogen-bond acceptors (Lipinski definition) is 7. The third-order valence-corrected chi connectivity index (χ3v) is 5.41. The Labute approximate surface area is 210 Å². The van der Waals surface area contributed by atoms with E-state index < -0.39 is 0 Å². The highest BCUT2D eigenvalue weighted by Gasteiger charge is 2.24. The Hall–Kier alpha value is -4.40. The lowest BCUT2D eigenvalue weighted by Crippen LogP contribution is -2.16. The van der Waals surface area contributed by atoms with Crippen molar-refractivity contribution < 1.29 is 19.0 Å². The lowest BCUT2D eigenvalue weighted by Gasteiger charge is -2.16. The van der Waals surface area contributed by atoms with Crippen LogP contribution in [0.4, 0.5) is 5.82 Å². The van der Waals surface area contributed by atoms with E-state index >= 15 is 0 Å². The van der Waals surface area contributed by atoms with Crippen LogP contribution >= 0.6 is 0 Å². The lowest BCUT2D eigenvalue weighted by molar-refractivity contribution is 0.102. The molecule has 2 heterocycles. The maximum atomic E-state index is 13.3. The number of hydrogen-bond donors (Lipinski definition) is 1. The smallest absolute Gasteiger partial charge is 0.257 e. The average Bonchev–Trinajstić information content (AvgIpc) is 3.32. The monoisotopic (exact) mass is 487 g/mol. The number of nitrogens with one attached hydrogen (secondary N) is 1. The Bertz CT molecular complexity index is 1310. The molecular formula is C27H29N5O4. The van der Waals surface area contributed by atoms with E-state index in [2.05, 4.69) is 20.4 Å². The van der Waals surface area contributed by atoms with Crippen LogP contribution in [0.25, 0.3) is 5.95 Å². The third-order valence-electron chi connectivity index (χ3n) is 5.41. The normalized spacial score (nSPS) is 11.1. The van der Waals surface area contributed by atoms with Crippen LogP contribution in [-0.4, -0.2) is 39.9 Å². The first-order valence-corrected chi connectivity index (χ1v) is 11.4. The minimum absolute atomic E-state index is 0.246. The number of aromatic nitrogens is 4. The van der Waals surface area contributed by atoms with Gasteiger partial charge in [-0.2, -0.15) is 9.78 Å². The van der Waals surface area contributed by atoms with Gasteiger partial charge in [-0.05, 0) is 23.8 Å². The maximum absolute atomic E-state index is 13.3. The molecule has 2 aromatic carbocycles. The Morgan fingerprint density at radius 3 is 2.17 bits per heavy atom. The van der Waals surface area contributed by atoms with Gasteiger partial charge in [0.25, 0.3) is 11.9 Å². The topological polar surface area (TPSA) is 100 Å². The molecule has 1 amide bonds. The van der Waals surface area contributed by atoms with Gasteiger partial charge in [-0.15, -0.1) is 0 Å². The molecule has 0 saturated carbocycles. The molecule has 0 aliphatic carbocycles. The van der Waals surface area contributed by atoms with E-state index in [-0.39, 0.29) is 11.3 Å². The summed E-state index contributed by atoms with van der Waals surface area (Å²) in [6.45, 7) is 6.45. The largest absolute Gasteiger partial charge is 0.493 e. The summed E-state index contributed by atoms with van der Waals surface area (Å²) in [6.07, 6.45) is 3.24. The van der Waals surface area contributed by atoms with Gasteiger partial charge in [-0.25, -0.2) is 9.97 Å². The number of rotatable bonds is 8. The average molecular weight is 488 g/mol. The zero-order valence-corrected chi connectivity index (χ0v) is 21.0. The van der Waals surface area contributed by atoms with Gasteiger partial charge in [-0.1, -0.05) is 51.1 Å². The number of benzene rings is 2. The molecule has 0 aliphatic heterocycles. The SMILES string of the molecule is COc1cc(C(=O)Nc2cc(C(C)(C)C)nn2-c2ncccn2)cc(OC)c1OCc1ccccc1. The van der Waals surface area contributed by atoms with Crippen molar-refractivity contribution >= 4 is 11.7 Å². The molecular weight excluding hydrogens is 458 g/mol. The van der Waals surface area contributed by atoms with Crippen molar-refractivity contribution in [3.63, 3.8) is 0 Å². The zero-order chi connectivity index (χ0) is 25.7. The van der Waals surface area contributed by atoms with E-state index in [4.69, 9.17) is 14.2 Å². The van der Waals surface area contributed by atoms with Gasteiger partial charge < -0.3 is 19.5 Å². The summed E-state index contributed by atoms with van der Waals surface area (Å²) >= 11 is 0. The Kier molecular flexibility index (Phi) is 7.19. The predicted octanol–water partition coefficient (Wildman–Crippen LogP) is 4.81. The standard InChI is InChI=1S/C27H29N5O4/c1-27(2,3)22-16-23(32(31-22)26-28-12-9-13-29-26)30-25(33)19-14-20(34-4)24(21(15-19)35-5)36-17-18-10-7-6-8-11-18/h6-16H,17H2,1-5H3,(H,30,33). The van der Waals surface area contributed by atoms with Crippen molar-refractivity contribution in [2.24, 2.45) is 0 Å². The molecule has 0 radical (unpaired) electrons. The second kappa shape index (κ2) is 10.5. The first-order valence-electron chi connectivity index (χ1n) is 11.4. The second-order valence-electron chi connectivity index (χ2n) is 9.06. The molecule has 9 heteroatoms. The van der Waals surface area contributed by atoms with Gasteiger partial charge >= 0.3 is 0 Å². The number of anilines is 1. The minimum atomic E-state index is -0.376. The molecule has 0 spiro atoms. The summed E-state index contributed by atoms with van der Waals surface area (Å²) in [5.41, 5.74) is 1.86. The van der Waals surface area contributed by atoms with Crippen molar-refractivity contribution in [3.05, 3.63) is 83.8 Å². The number of carbonyl (C=O) groups is 1. The molecule has 0 unspecified atom stereocenters. The van der Waals surface area contributed by atoms with Gasteiger partial charge in [0.05, 0.1) is 19.9 Å². The Morgan fingerprint density at radius 1 is 0.944 bits per heavy atom. The molecule has 2 aromatic heterocycles. The molecule has 186 valence electrons. The first-order chi connectivity index (χ1) is 17.3. The molecule has 0 atom stereocenters. The van der Waals surface area contributed by atoms with Crippen molar-refractivity contribution in [2.45, 2.75) is 32.8 Å². The van der Waals surface area contributed by atoms with Gasteiger partial charge in [0, 0.05) is 29.4 Å². The molecule has 9 nitrogen and oxygen atoms in total. The van der Waals surface area contributed by atoms with E-state index in [1.165, 1.54) is 18.9 Å². The number of methoxy groups -OCH3 is 2. The maximum Gasteiger partial charge on any atom is 0.257 e. The van der Waals surface area contributed by atoms with Gasteiger partial charge in [-0.3, -0.25) is 4.79 Å². The number of ether oxygens (including phenoxy) is 3. The van der Waals surface area contributed by atoms with Gasteiger partial charge in [0.2, 0.25) is 5.75 Å². The summed E-state index contributed by atoms with van der Waals surface area (Å²) in [5.74, 6) is 1.59. The second-order valence-corrected chi connectivity index (χ2v) is 9.06. The van der Waals surface area contributed by atoms with E-state index in [0.717, 1.165) is 11.3 Å². The molecule has 0 saturated heterocycles. The van der Waals surface area contributed by atoms with Crippen LogP contribution in [0.15, 0.2) is 67.0 Å². The quantitative estimate of drug-likeness (QED) is 0.381. The fourth-order valence-corrected chi connectivity index (χ4v) is 3.46. The fraction of sp³-hybridized carbons (Fsp3) is 0.259. The lowest BCUT2D eigenvalue weighted by atomic mass is 9.92. The van der Waals surface area contributed by atoms with Gasteiger partial charge in [0.1, 0.15) is 12.4 Å². The van der Waals surface area contributed by atoms with Gasteiger partial charge in [0.15, 0.2) is 11.5 Å². The zero-order valence-electron chi connectivity index (χ0n) is 21.0. The highest BCUT2D eigenvalue weighted by atomic mass is 16.5. The number of carbonyl (C=O) groups excluding carboxylic acids is 1. The third kappa shape index (κ3) is 5.46. The molecule has 4 aromatic rings. The fourth-order valence-electron chi connectivity index (χ4n) is 3.46. The van der Waals surface area contributed by atoms with Crippen LogP contribution in [0.1, 0.15) is 42.4 Å². The van der Waals surface area contributed by atoms with E-state index in [1.807, 2.05) is 57.2 Å². The van der Waals surface area contributed by atoms with E-state index in [9.17, 15) is 4.79 Å². The van der Waals surface area contributed by atoms with Crippen molar-refractivity contribution in [1.29, 1.82) is 0 Å². The Morgan fingerprint density at radius 2 is 1.58 bits per heavy atom. The van der Waals surface area contributed by atoms with Crippen molar-refractivity contribution in [3.8, 4) is 23.2 Å². The van der Waals surface area contributed by atoms with E-state index in [1.54, 1.807) is 30.6 Å². The van der Waals surface area contributed by atoms with Crippen LogP contribution in [0.2, 0.25) is 0 Å². The Balaban J connectivity index is 1.64. The van der Waals surface area contributed by atoms with Crippen LogP contribution < -0.4 is 19.5 Å². The molecule has 0 fully saturated rings. The van der Waals surface area contributed by atoms with Crippen LogP contribution in [0, 0.1) is 0 Å². The van der Waals surface area contributed by atoms with Crippen molar-refractivity contribution in [2.75, 3.05) is 19.5 Å². The van der Waals surface area contributed by atoms with Crippen LogP contribution in [0.5, 0.6) is 17.2 Å². The number of amides is 1. The predicted molar refractivity (Wildman–Crippen MR) is 136 cm³/mol. The molecule has 0 aliphatic rings. The summed E-state index contributed by atoms with van der Waals surface area (Å²) in [7, 11) is 3.03. The van der Waals surface area contributed by atoms with E-state index in [0.29, 0.717) is 41.2 Å². The molecule has 36 heavy (non-hydrogen) atoms. The summed E-state index contributed by atoms with van der Waals surface area (Å²) in [4.78, 5) is 21.9. The molecule has 1 N–H and O–H groups in total. The van der Waals surface area contributed by atoms with Crippen molar-refractivity contribution in [1.82, 2.24) is 19.7 Å². The first kappa shape index (κ1) is 24.7. The van der Waals surface area contributed by atoms with Crippen LogP contribution in [0.3, 0.4) is 0 Å². The molecule has 4 rings (SSSR count). The van der Waals surface area contributed by atoms with Crippen LogP contribution in [-0.2, 0) is 12.0 Å². The molecule has 0 bridgehead atoms. The summed E-state index contributed by atoms with van der Waals surface area (Å²) in [5, 5.41) is 7.57. The summed E-state index contributed by atoms with van der Waals surface area (Å²) < 4.78 is 18.6.